The van der Waals surface area contributed by atoms with Crippen LogP contribution >= 0.6 is 15.9 Å². The van der Waals surface area contributed by atoms with E-state index in [0.717, 1.165) is 10.0 Å². The van der Waals surface area contributed by atoms with Crippen molar-refractivity contribution >= 4 is 27.7 Å². The molecule has 1 aromatic carbocycles. The number of carbonyl (C=O) groups excluding carboxylic acids is 1. The molecule has 0 fully saturated rings. The van der Waals surface area contributed by atoms with E-state index in [4.69, 9.17) is 4.74 Å². The van der Waals surface area contributed by atoms with Crippen LogP contribution in [0.4, 0.5) is 5.82 Å². The topological polar surface area (TPSA) is 51.2 Å². The highest BCUT2D eigenvalue weighted by molar-refractivity contribution is 9.10. The van der Waals surface area contributed by atoms with E-state index in [1.807, 2.05) is 13.0 Å². The molecule has 0 atom stereocenters. The lowest BCUT2D eigenvalue weighted by atomic mass is 10.2. The monoisotopic (exact) mass is 320 g/mol. The fourth-order valence-corrected chi connectivity index (χ4v) is 1.84. The normalized spacial score (nSPS) is 10.1. The molecule has 98 valence electrons. The van der Waals surface area contributed by atoms with Crippen LogP contribution in [0.1, 0.15) is 15.9 Å². The summed E-state index contributed by atoms with van der Waals surface area (Å²) in [6, 6.07) is 8.86. The Bertz CT molecular complexity index is 614. The number of nitrogens with zero attached hydrogens (tertiary/aromatic N) is 1. The van der Waals surface area contributed by atoms with Crippen LogP contribution in [0.25, 0.3) is 0 Å². The van der Waals surface area contributed by atoms with E-state index in [1.165, 1.54) is 7.11 Å². The molecule has 0 saturated heterocycles. The number of halogens is 1. The van der Waals surface area contributed by atoms with Crippen LogP contribution in [0.2, 0.25) is 0 Å². The minimum Gasteiger partial charge on any atom is -0.496 e. The molecule has 0 aliphatic carbocycles. The maximum absolute atomic E-state index is 12.1. The SMILES string of the molecule is COc1ccccc1C(=O)Nc1cc(C)c(Br)cn1. The van der Waals surface area contributed by atoms with Crippen LogP contribution in [0, 0.1) is 6.92 Å². The van der Waals surface area contributed by atoms with Crippen LogP contribution in [0.15, 0.2) is 41.0 Å². The summed E-state index contributed by atoms with van der Waals surface area (Å²) in [6.45, 7) is 1.94. The van der Waals surface area contributed by atoms with Crippen LogP contribution < -0.4 is 10.1 Å². The number of aryl methyl sites for hydroxylation is 1. The van der Waals surface area contributed by atoms with Crippen LogP contribution in [0.3, 0.4) is 0 Å². The van der Waals surface area contributed by atoms with Crippen molar-refractivity contribution in [1.29, 1.82) is 0 Å². The zero-order valence-electron chi connectivity index (χ0n) is 10.6. The van der Waals surface area contributed by atoms with E-state index in [-0.39, 0.29) is 5.91 Å². The Hall–Kier alpha value is -1.88. The average Bonchev–Trinajstić information content (AvgIpc) is 2.43. The number of ether oxygens (including phenoxy) is 1. The third-order valence-corrected chi connectivity index (χ3v) is 3.47. The molecular weight excluding hydrogens is 308 g/mol. The van der Waals surface area contributed by atoms with Crippen LogP contribution in [0.5, 0.6) is 5.75 Å². The van der Waals surface area contributed by atoms with Gasteiger partial charge in [0.05, 0.1) is 12.7 Å². The number of aromatic nitrogens is 1. The first-order chi connectivity index (χ1) is 9.11. The second-order valence-corrected chi connectivity index (χ2v) is 4.83. The molecule has 0 aliphatic rings. The van der Waals surface area contributed by atoms with Crippen molar-refractivity contribution in [3.05, 3.63) is 52.1 Å². The molecule has 1 aromatic heterocycles. The molecule has 0 radical (unpaired) electrons. The molecule has 19 heavy (non-hydrogen) atoms. The summed E-state index contributed by atoms with van der Waals surface area (Å²) in [6.07, 6.45) is 1.66. The molecule has 5 heteroatoms. The van der Waals surface area contributed by atoms with E-state index in [0.29, 0.717) is 17.1 Å². The largest absolute Gasteiger partial charge is 0.496 e. The molecule has 1 N–H and O–H groups in total. The van der Waals surface area contributed by atoms with Gasteiger partial charge in [-0.1, -0.05) is 12.1 Å². The van der Waals surface area contributed by atoms with E-state index < -0.39 is 0 Å². The summed E-state index contributed by atoms with van der Waals surface area (Å²) in [4.78, 5) is 16.3. The maximum Gasteiger partial charge on any atom is 0.260 e. The van der Waals surface area contributed by atoms with Gasteiger partial charge in [-0.3, -0.25) is 4.79 Å². The molecule has 1 amide bonds. The Labute approximate surface area is 119 Å². The third-order valence-electron chi connectivity index (χ3n) is 2.64. The molecule has 2 rings (SSSR count). The summed E-state index contributed by atoms with van der Waals surface area (Å²) < 4.78 is 6.06. The zero-order chi connectivity index (χ0) is 13.8. The predicted octanol–water partition coefficient (Wildman–Crippen LogP) is 3.41. The molecule has 0 saturated carbocycles. The quantitative estimate of drug-likeness (QED) is 0.942. The standard InChI is InChI=1S/C14H13BrN2O2/c1-9-7-13(16-8-11(9)15)17-14(18)10-5-3-4-6-12(10)19-2/h3-8H,1-2H3,(H,16,17,18). The van der Waals surface area contributed by atoms with Gasteiger partial charge in [-0.15, -0.1) is 0 Å². The maximum atomic E-state index is 12.1. The van der Waals surface area contributed by atoms with Gasteiger partial charge in [0.2, 0.25) is 0 Å². The lowest BCUT2D eigenvalue weighted by Crippen LogP contribution is -2.14. The molecular formula is C14H13BrN2O2. The predicted molar refractivity (Wildman–Crippen MR) is 77.6 cm³/mol. The summed E-state index contributed by atoms with van der Waals surface area (Å²) >= 11 is 3.37. The lowest BCUT2D eigenvalue weighted by Gasteiger charge is -2.09. The van der Waals surface area contributed by atoms with Gasteiger partial charge in [-0.25, -0.2) is 4.98 Å². The number of hydrogen-bond donors (Lipinski definition) is 1. The second kappa shape index (κ2) is 5.84. The Morgan fingerprint density at radius 1 is 1.37 bits per heavy atom. The first-order valence-electron chi connectivity index (χ1n) is 5.68. The number of carbonyl (C=O) groups is 1. The van der Waals surface area contributed by atoms with Gasteiger partial charge < -0.3 is 10.1 Å². The summed E-state index contributed by atoms with van der Waals surface area (Å²) in [5, 5.41) is 2.75. The number of benzene rings is 1. The molecule has 4 nitrogen and oxygen atoms in total. The van der Waals surface area contributed by atoms with Gasteiger partial charge in [-0.2, -0.15) is 0 Å². The van der Waals surface area contributed by atoms with Gasteiger partial charge in [0, 0.05) is 10.7 Å². The van der Waals surface area contributed by atoms with E-state index in [1.54, 1.807) is 30.5 Å². The van der Waals surface area contributed by atoms with E-state index in [2.05, 4.69) is 26.2 Å². The molecule has 0 aliphatic heterocycles. The van der Waals surface area contributed by atoms with Gasteiger partial charge in [0.1, 0.15) is 11.6 Å². The fraction of sp³-hybridized carbons (Fsp3) is 0.143. The van der Waals surface area contributed by atoms with Gasteiger partial charge in [0.25, 0.3) is 5.91 Å². The molecule has 2 aromatic rings. The average molecular weight is 321 g/mol. The first kappa shape index (κ1) is 13.5. The number of pyridine rings is 1. The van der Waals surface area contributed by atoms with Crippen LogP contribution in [-0.2, 0) is 0 Å². The van der Waals surface area contributed by atoms with E-state index >= 15 is 0 Å². The highest BCUT2D eigenvalue weighted by Gasteiger charge is 2.12. The zero-order valence-corrected chi connectivity index (χ0v) is 12.2. The Balaban J connectivity index is 2.23. The first-order valence-corrected chi connectivity index (χ1v) is 6.47. The minimum atomic E-state index is -0.244. The van der Waals surface area contributed by atoms with Crippen molar-refractivity contribution in [3.63, 3.8) is 0 Å². The van der Waals surface area contributed by atoms with E-state index in [9.17, 15) is 4.79 Å². The highest BCUT2D eigenvalue weighted by Crippen LogP contribution is 2.20. The molecule has 0 unspecified atom stereocenters. The molecule has 0 bridgehead atoms. The fourth-order valence-electron chi connectivity index (χ4n) is 1.62. The number of para-hydroxylation sites is 1. The number of amides is 1. The number of methoxy groups -OCH3 is 1. The van der Waals surface area contributed by atoms with Crippen molar-refractivity contribution in [2.24, 2.45) is 0 Å². The summed E-state index contributed by atoms with van der Waals surface area (Å²) in [5.74, 6) is 0.803. The van der Waals surface area contributed by atoms with Crippen molar-refractivity contribution in [2.45, 2.75) is 6.92 Å². The summed E-state index contributed by atoms with van der Waals surface area (Å²) in [5.41, 5.74) is 1.48. The third kappa shape index (κ3) is 3.12. The van der Waals surface area contributed by atoms with Crippen molar-refractivity contribution in [2.75, 3.05) is 12.4 Å². The smallest absolute Gasteiger partial charge is 0.260 e. The minimum absolute atomic E-state index is 0.244. The Morgan fingerprint density at radius 3 is 2.79 bits per heavy atom. The number of rotatable bonds is 3. The molecule has 0 spiro atoms. The second-order valence-electron chi connectivity index (χ2n) is 3.97. The van der Waals surface area contributed by atoms with Crippen LogP contribution in [-0.4, -0.2) is 18.0 Å². The Morgan fingerprint density at radius 2 is 2.11 bits per heavy atom. The number of nitrogens with one attached hydrogen (secondary N) is 1. The van der Waals surface area contributed by atoms with Gasteiger partial charge in [-0.05, 0) is 46.6 Å². The molecule has 1 heterocycles. The number of hydrogen-bond acceptors (Lipinski definition) is 3. The number of anilines is 1. The van der Waals surface area contributed by atoms with Gasteiger partial charge >= 0.3 is 0 Å². The highest BCUT2D eigenvalue weighted by atomic mass is 79.9. The van der Waals surface area contributed by atoms with Crippen molar-refractivity contribution in [3.8, 4) is 5.75 Å². The van der Waals surface area contributed by atoms with Crippen molar-refractivity contribution < 1.29 is 9.53 Å². The van der Waals surface area contributed by atoms with Gasteiger partial charge in [0.15, 0.2) is 0 Å². The lowest BCUT2D eigenvalue weighted by molar-refractivity contribution is 0.102. The Kier molecular flexibility index (Phi) is 4.16. The van der Waals surface area contributed by atoms with Crippen molar-refractivity contribution in [1.82, 2.24) is 4.98 Å². The summed E-state index contributed by atoms with van der Waals surface area (Å²) in [7, 11) is 1.54.